The number of carboxylic acids is 1. The molecule has 2 atom stereocenters. The van der Waals surface area contributed by atoms with Gasteiger partial charge in [0.05, 0.1) is 5.56 Å². The number of hydrogen-bond donors (Lipinski definition) is 1. The monoisotopic (exact) mass is 474 g/mol. The highest BCUT2D eigenvalue weighted by atomic mass is 19.4. The molecule has 0 saturated carbocycles. The number of benzene rings is 2. The van der Waals surface area contributed by atoms with Crippen LogP contribution in [0.2, 0.25) is 0 Å². The van der Waals surface area contributed by atoms with Crippen LogP contribution >= 0.6 is 0 Å². The maximum absolute atomic E-state index is 13.2. The molecular weight excluding hydrogens is 449 g/mol. The largest absolute Gasteiger partial charge is 0.478 e. The molecule has 0 aliphatic rings. The summed E-state index contributed by atoms with van der Waals surface area (Å²) in [6.45, 7) is 5.39. The van der Waals surface area contributed by atoms with Gasteiger partial charge in [-0.15, -0.1) is 0 Å². The number of hydrogen-bond acceptors (Lipinski definition) is 5. The summed E-state index contributed by atoms with van der Waals surface area (Å²) >= 11 is 0. The molecule has 2 aromatic carbocycles. The van der Waals surface area contributed by atoms with Gasteiger partial charge in [0, 0.05) is 18.0 Å². The van der Waals surface area contributed by atoms with Crippen LogP contribution in [0.4, 0.5) is 13.2 Å². The first kappa shape index (κ1) is 25.2. The predicted molar refractivity (Wildman–Crippen MR) is 118 cm³/mol. The molecular formula is C25H25F3N2O4. The number of ether oxygens (including phenoxy) is 2. The Bertz CT molecular complexity index is 1100. The van der Waals surface area contributed by atoms with Gasteiger partial charge in [0.1, 0.15) is 0 Å². The molecule has 0 aliphatic heterocycles. The lowest BCUT2D eigenvalue weighted by Crippen LogP contribution is -2.51. The van der Waals surface area contributed by atoms with Crippen molar-refractivity contribution in [3.8, 4) is 6.01 Å². The van der Waals surface area contributed by atoms with Gasteiger partial charge in [-0.3, -0.25) is 0 Å². The number of nitrogens with zero attached hydrogens (tertiary/aromatic N) is 2. The van der Waals surface area contributed by atoms with E-state index in [0.717, 1.165) is 12.1 Å². The molecule has 0 radical (unpaired) electrons. The fourth-order valence-electron chi connectivity index (χ4n) is 3.73. The predicted octanol–water partition coefficient (Wildman–Crippen LogP) is 5.31. The third kappa shape index (κ3) is 5.36. The molecule has 3 aromatic rings. The zero-order chi connectivity index (χ0) is 24.9. The highest BCUT2D eigenvalue weighted by molar-refractivity contribution is 5.76. The fraction of sp³-hybridized carbons (Fsp3) is 0.320. The highest BCUT2D eigenvalue weighted by Gasteiger charge is 2.50. The van der Waals surface area contributed by atoms with Gasteiger partial charge in [-0.05, 0) is 49.6 Å². The van der Waals surface area contributed by atoms with Crippen molar-refractivity contribution >= 4 is 5.97 Å². The Kier molecular flexibility index (Phi) is 7.56. The normalized spacial score (nSPS) is 14.3. The Labute approximate surface area is 195 Å². The van der Waals surface area contributed by atoms with Crippen molar-refractivity contribution in [2.45, 2.75) is 45.1 Å². The number of carbonyl (C=O) groups is 1. The van der Waals surface area contributed by atoms with Crippen LogP contribution in [-0.4, -0.2) is 33.8 Å². The van der Waals surface area contributed by atoms with Gasteiger partial charge in [0.2, 0.25) is 6.10 Å². The number of alkyl halides is 3. The summed E-state index contributed by atoms with van der Waals surface area (Å²) in [6.07, 6.45) is -5.73. The van der Waals surface area contributed by atoms with Crippen molar-refractivity contribution in [3.05, 3.63) is 88.7 Å². The number of aryl methyl sites for hydroxylation is 2. The summed E-state index contributed by atoms with van der Waals surface area (Å²) in [7, 11) is 0. The summed E-state index contributed by atoms with van der Waals surface area (Å²) < 4.78 is 51.7. The van der Waals surface area contributed by atoms with Gasteiger partial charge in [0.15, 0.2) is 5.60 Å². The van der Waals surface area contributed by atoms with Crippen molar-refractivity contribution in [2.24, 2.45) is 0 Å². The first-order valence-electron chi connectivity index (χ1n) is 10.7. The van der Waals surface area contributed by atoms with E-state index in [4.69, 9.17) is 9.47 Å². The van der Waals surface area contributed by atoms with Crippen LogP contribution in [0.1, 0.15) is 41.4 Å². The summed E-state index contributed by atoms with van der Waals surface area (Å²) in [5.74, 6) is -1.39. The second-order valence-corrected chi connectivity index (χ2v) is 7.79. The van der Waals surface area contributed by atoms with Gasteiger partial charge in [-0.25, -0.2) is 14.8 Å². The fourth-order valence-corrected chi connectivity index (χ4v) is 3.73. The summed E-state index contributed by atoms with van der Waals surface area (Å²) in [5.41, 5.74) is -0.910. The minimum Gasteiger partial charge on any atom is -0.478 e. The number of aliphatic carboxylic acids is 1. The van der Waals surface area contributed by atoms with Crippen LogP contribution in [0.5, 0.6) is 6.01 Å². The molecule has 0 amide bonds. The van der Waals surface area contributed by atoms with Gasteiger partial charge in [-0.2, -0.15) is 13.2 Å². The van der Waals surface area contributed by atoms with Crippen molar-refractivity contribution in [3.63, 3.8) is 0 Å². The van der Waals surface area contributed by atoms with Crippen LogP contribution in [0.25, 0.3) is 0 Å². The Morgan fingerprint density at radius 2 is 1.47 bits per heavy atom. The lowest BCUT2D eigenvalue weighted by atomic mass is 9.80. The van der Waals surface area contributed by atoms with E-state index in [0.29, 0.717) is 23.4 Å². The number of halogens is 3. The molecule has 0 spiro atoms. The number of rotatable bonds is 9. The smallest absolute Gasteiger partial charge is 0.416 e. The SMILES string of the molecule is CCCO[C@@](c1ccccc1)(c1ccc(C(F)(F)F)cc1)[C@@H](Oc1nc(C)cc(C)n1)C(=O)O. The van der Waals surface area contributed by atoms with Crippen molar-refractivity contribution in [1.82, 2.24) is 9.97 Å². The Morgan fingerprint density at radius 1 is 0.941 bits per heavy atom. The molecule has 3 rings (SSSR count). The van der Waals surface area contributed by atoms with Crippen LogP contribution in [-0.2, 0) is 21.3 Å². The van der Waals surface area contributed by atoms with E-state index in [1.54, 1.807) is 50.2 Å². The molecule has 180 valence electrons. The molecule has 0 aliphatic carbocycles. The number of aromatic nitrogens is 2. The van der Waals surface area contributed by atoms with Crippen LogP contribution in [0, 0.1) is 13.8 Å². The Balaban J connectivity index is 2.25. The van der Waals surface area contributed by atoms with Gasteiger partial charge < -0.3 is 14.6 Å². The van der Waals surface area contributed by atoms with Crippen LogP contribution in [0.15, 0.2) is 60.7 Å². The second kappa shape index (κ2) is 10.2. The molecule has 0 bridgehead atoms. The first-order valence-corrected chi connectivity index (χ1v) is 10.7. The summed E-state index contributed by atoms with van der Waals surface area (Å²) in [4.78, 5) is 21.0. The Hall–Kier alpha value is -3.46. The second-order valence-electron chi connectivity index (χ2n) is 7.79. The topological polar surface area (TPSA) is 81.5 Å². The van der Waals surface area contributed by atoms with Crippen LogP contribution < -0.4 is 4.74 Å². The zero-order valence-corrected chi connectivity index (χ0v) is 19.0. The van der Waals surface area contributed by atoms with E-state index in [-0.39, 0.29) is 18.2 Å². The molecule has 34 heavy (non-hydrogen) atoms. The van der Waals surface area contributed by atoms with Crippen molar-refractivity contribution < 1.29 is 32.5 Å². The van der Waals surface area contributed by atoms with Gasteiger partial charge in [0.25, 0.3) is 0 Å². The Morgan fingerprint density at radius 3 is 1.97 bits per heavy atom. The minimum atomic E-state index is -4.55. The highest BCUT2D eigenvalue weighted by Crippen LogP contribution is 2.40. The van der Waals surface area contributed by atoms with Crippen molar-refractivity contribution in [1.29, 1.82) is 0 Å². The van der Waals surface area contributed by atoms with Gasteiger partial charge in [-0.1, -0.05) is 49.4 Å². The molecule has 1 N–H and O–H groups in total. The molecule has 0 saturated heterocycles. The average molecular weight is 474 g/mol. The maximum Gasteiger partial charge on any atom is 0.416 e. The summed E-state index contributed by atoms with van der Waals surface area (Å²) in [5, 5.41) is 10.3. The lowest BCUT2D eigenvalue weighted by molar-refractivity contribution is -0.164. The van der Waals surface area contributed by atoms with E-state index < -0.39 is 29.4 Å². The number of carboxylic acid groups (broad SMARTS) is 1. The molecule has 0 unspecified atom stereocenters. The van der Waals surface area contributed by atoms with E-state index >= 15 is 0 Å². The van der Waals surface area contributed by atoms with E-state index in [9.17, 15) is 23.1 Å². The lowest BCUT2D eigenvalue weighted by Gasteiger charge is -2.39. The standard InChI is InChI=1S/C25H25F3N2O4/c1-4-14-33-24(18-8-6-5-7-9-18,19-10-12-20(13-11-19)25(26,27)28)21(22(31)32)34-23-29-16(2)15-17(3)30-23/h5-13,15,21H,4,14H2,1-3H3,(H,31,32)/t21-,24-/m0/s1. The van der Waals surface area contributed by atoms with E-state index in [1.165, 1.54) is 12.1 Å². The minimum absolute atomic E-state index is 0.122. The van der Waals surface area contributed by atoms with Crippen LogP contribution in [0.3, 0.4) is 0 Å². The van der Waals surface area contributed by atoms with E-state index in [1.807, 2.05) is 6.92 Å². The third-order valence-electron chi connectivity index (χ3n) is 5.16. The summed E-state index contributed by atoms with van der Waals surface area (Å²) in [6, 6.07) is 14.2. The molecule has 1 aromatic heterocycles. The maximum atomic E-state index is 13.2. The molecule has 0 fully saturated rings. The van der Waals surface area contributed by atoms with Gasteiger partial charge >= 0.3 is 18.2 Å². The zero-order valence-electron chi connectivity index (χ0n) is 19.0. The van der Waals surface area contributed by atoms with E-state index in [2.05, 4.69) is 9.97 Å². The third-order valence-corrected chi connectivity index (χ3v) is 5.16. The van der Waals surface area contributed by atoms with Crippen molar-refractivity contribution in [2.75, 3.05) is 6.61 Å². The quantitative estimate of drug-likeness (QED) is 0.452. The first-order chi connectivity index (χ1) is 16.1. The molecule has 6 nitrogen and oxygen atoms in total. The molecule has 1 heterocycles. The molecule has 9 heteroatoms. The average Bonchev–Trinajstić information content (AvgIpc) is 2.78.